The summed E-state index contributed by atoms with van der Waals surface area (Å²) in [5, 5.41) is 0. The molecule has 2 amide bonds. The molecule has 1 aliphatic heterocycles. The van der Waals surface area contributed by atoms with Crippen molar-refractivity contribution >= 4 is 42.5 Å². The zero-order chi connectivity index (χ0) is 12.3. The number of imide groups is 1. The van der Waals surface area contributed by atoms with Gasteiger partial charge in [-0.05, 0) is 28.6 Å². The van der Waals surface area contributed by atoms with Crippen LogP contribution in [0.25, 0.3) is 0 Å². The topological polar surface area (TPSA) is 46.6 Å². The lowest BCUT2D eigenvalue weighted by molar-refractivity contribution is -0.142. The van der Waals surface area contributed by atoms with Gasteiger partial charge < -0.3 is 4.74 Å². The predicted octanol–water partition coefficient (Wildman–Crippen LogP) is 1.99. The molecule has 1 rings (SSSR count). The second-order valence-corrected chi connectivity index (χ2v) is 11.7. The van der Waals surface area contributed by atoms with E-state index in [1.54, 1.807) is 0 Å². The summed E-state index contributed by atoms with van der Waals surface area (Å²) in [4.78, 5) is 23.9. The standard InChI is InChI=1S/C10H16INO3Si/c1-16(2,3)5-4-15-7-12-9(13)6-8(11)10(12)14/h6H,4-5,7H2,1-3H3. The van der Waals surface area contributed by atoms with Crippen LogP contribution in [0.4, 0.5) is 0 Å². The quantitative estimate of drug-likeness (QED) is 0.329. The van der Waals surface area contributed by atoms with E-state index in [1.807, 2.05) is 22.6 Å². The van der Waals surface area contributed by atoms with Crippen LogP contribution in [0.5, 0.6) is 0 Å². The summed E-state index contributed by atoms with van der Waals surface area (Å²) >= 11 is 1.86. The molecular formula is C10H16INO3Si. The monoisotopic (exact) mass is 353 g/mol. The maximum atomic E-state index is 11.5. The van der Waals surface area contributed by atoms with E-state index in [-0.39, 0.29) is 18.5 Å². The van der Waals surface area contributed by atoms with Gasteiger partial charge in [-0.15, -0.1) is 0 Å². The first kappa shape index (κ1) is 13.9. The second-order valence-electron chi connectivity index (χ2n) is 4.91. The highest BCUT2D eigenvalue weighted by molar-refractivity contribution is 14.1. The zero-order valence-electron chi connectivity index (χ0n) is 9.75. The van der Waals surface area contributed by atoms with E-state index >= 15 is 0 Å². The molecule has 0 aromatic rings. The van der Waals surface area contributed by atoms with Crippen molar-refractivity contribution in [2.45, 2.75) is 25.7 Å². The van der Waals surface area contributed by atoms with Gasteiger partial charge in [0.2, 0.25) is 0 Å². The molecule has 0 fully saturated rings. The van der Waals surface area contributed by atoms with Crippen LogP contribution in [-0.4, -0.2) is 38.1 Å². The molecule has 0 unspecified atom stereocenters. The summed E-state index contributed by atoms with van der Waals surface area (Å²) in [5.41, 5.74) is 0. The van der Waals surface area contributed by atoms with Crippen LogP contribution in [0.15, 0.2) is 9.66 Å². The summed E-state index contributed by atoms with van der Waals surface area (Å²) < 4.78 is 5.82. The van der Waals surface area contributed by atoms with Gasteiger partial charge in [0.15, 0.2) is 0 Å². The van der Waals surface area contributed by atoms with Gasteiger partial charge in [-0.2, -0.15) is 0 Å². The Morgan fingerprint density at radius 3 is 2.44 bits per heavy atom. The number of amides is 2. The lowest BCUT2D eigenvalue weighted by Crippen LogP contribution is -2.33. The Labute approximate surface area is 110 Å². The van der Waals surface area contributed by atoms with Crippen molar-refractivity contribution in [3.63, 3.8) is 0 Å². The van der Waals surface area contributed by atoms with E-state index in [0.717, 1.165) is 10.9 Å². The number of hydrogen-bond acceptors (Lipinski definition) is 3. The number of carbonyl (C=O) groups excluding carboxylic acids is 2. The van der Waals surface area contributed by atoms with Crippen LogP contribution in [0.2, 0.25) is 25.7 Å². The lowest BCUT2D eigenvalue weighted by Gasteiger charge is -2.18. The molecular weight excluding hydrogens is 337 g/mol. The fraction of sp³-hybridized carbons (Fsp3) is 0.600. The molecule has 6 heteroatoms. The zero-order valence-corrected chi connectivity index (χ0v) is 12.9. The van der Waals surface area contributed by atoms with Gasteiger partial charge in [0.05, 0.1) is 3.58 Å². The fourth-order valence-corrected chi connectivity index (χ4v) is 2.45. The minimum Gasteiger partial charge on any atom is -0.361 e. The smallest absolute Gasteiger partial charge is 0.269 e. The summed E-state index contributed by atoms with van der Waals surface area (Å²) in [6.07, 6.45) is 1.34. The number of nitrogens with zero attached hydrogens (tertiary/aromatic N) is 1. The van der Waals surface area contributed by atoms with Crippen LogP contribution < -0.4 is 0 Å². The second kappa shape index (κ2) is 5.41. The molecule has 0 spiro atoms. The van der Waals surface area contributed by atoms with Crippen molar-refractivity contribution in [3.05, 3.63) is 9.66 Å². The van der Waals surface area contributed by atoms with E-state index in [1.165, 1.54) is 6.08 Å². The molecule has 0 aliphatic carbocycles. The van der Waals surface area contributed by atoms with Gasteiger partial charge in [0.25, 0.3) is 11.8 Å². The number of carbonyl (C=O) groups is 2. The molecule has 0 aromatic heterocycles. The van der Waals surface area contributed by atoms with E-state index in [9.17, 15) is 9.59 Å². The van der Waals surface area contributed by atoms with E-state index < -0.39 is 8.07 Å². The Hall–Kier alpha value is -0.213. The molecule has 4 nitrogen and oxygen atoms in total. The van der Waals surface area contributed by atoms with Crippen molar-refractivity contribution < 1.29 is 14.3 Å². The highest BCUT2D eigenvalue weighted by Crippen LogP contribution is 2.18. The molecule has 0 saturated carbocycles. The third kappa shape index (κ3) is 3.98. The summed E-state index contributed by atoms with van der Waals surface area (Å²) in [7, 11) is -1.11. The van der Waals surface area contributed by atoms with Gasteiger partial charge in [0.1, 0.15) is 6.73 Å². The first-order chi connectivity index (χ1) is 7.31. The van der Waals surface area contributed by atoms with Gasteiger partial charge in [-0.25, -0.2) is 0 Å². The Balaban J connectivity index is 2.30. The van der Waals surface area contributed by atoms with Crippen LogP contribution in [0.3, 0.4) is 0 Å². The SMILES string of the molecule is C[Si](C)(C)CCOCN1C(=O)C=C(I)C1=O. The Morgan fingerprint density at radius 2 is 2.00 bits per heavy atom. The summed E-state index contributed by atoms with van der Waals surface area (Å²) in [5.74, 6) is -0.527. The summed E-state index contributed by atoms with van der Waals surface area (Å²) in [6.45, 7) is 7.46. The summed E-state index contributed by atoms with van der Waals surface area (Å²) in [6, 6.07) is 1.04. The molecule has 1 heterocycles. The minimum absolute atomic E-state index is 0.0746. The number of ether oxygens (including phenoxy) is 1. The van der Waals surface area contributed by atoms with Crippen LogP contribution in [0.1, 0.15) is 0 Å². The molecule has 90 valence electrons. The van der Waals surface area contributed by atoms with Crippen molar-refractivity contribution in [1.82, 2.24) is 4.90 Å². The van der Waals surface area contributed by atoms with E-state index in [4.69, 9.17) is 4.74 Å². The van der Waals surface area contributed by atoms with Gasteiger partial charge in [-0.1, -0.05) is 19.6 Å². The average Bonchev–Trinajstić information content (AvgIpc) is 2.36. The van der Waals surface area contributed by atoms with Gasteiger partial charge in [0, 0.05) is 20.8 Å². The largest absolute Gasteiger partial charge is 0.361 e. The Bertz CT molecular complexity index is 335. The molecule has 16 heavy (non-hydrogen) atoms. The molecule has 0 atom stereocenters. The van der Waals surface area contributed by atoms with Crippen molar-refractivity contribution in [2.75, 3.05) is 13.3 Å². The highest BCUT2D eigenvalue weighted by atomic mass is 127. The third-order valence-corrected chi connectivity index (χ3v) is 4.66. The first-order valence-corrected chi connectivity index (χ1v) is 9.90. The van der Waals surface area contributed by atoms with Gasteiger partial charge in [-0.3, -0.25) is 14.5 Å². The van der Waals surface area contributed by atoms with Crippen molar-refractivity contribution in [3.8, 4) is 0 Å². The van der Waals surface area contributed by atoms with Crippen molar-refractivity contribution in [2.24, 2.45) is 0 Å². The Kier molecular flexibility index (Phi) is 4.69. The normalized spacial score (nSPS) is 17.0. The number of hydrogen-bond donors (Lipinski definition) is 0. The number of halogens is 1. The first-order valence-electron chi connectivity index (χ1n) is 5.12. The fourth-order valence-electron chi connectivity index (χ4n) is 1.13. The number of rotatable bonds is 5. The average molecular weight is 353 g/mol. The van der Waals surface area contributed by atoms with Gasteiger partial charge >= 0.3 is 0 Å². The molecule has 0 radical (unpaired) electrons. The van der Waals surface area contributed by atoms with Crippen molar-refractivity contribution in [1.29, 1.82) is 0 Å². The molecule has 0 aromatic carbocycles. The third-order valence-electron chi connectivity index (χ3n) is 2.18. The van der Waals surface area contributed by atoms with Crippen LogP contribution >= 0.6 is 22.6 Å². The molecule has 0 saturated heterocycles. The maximum Gasteiger partial charge on any atom is 0.269 e. The lowest BCUT2D eigenvalue weighted by atomic mass is 10.6. The Morgan fingerprint density at radius 1 is 1.38 bits per heavy atom. The molecule has 0 bridgehead atoms. The molecule has 1 aliphatic rings. The van der Waals surface area contributed by atoms with Crippen LogP contribution in [0, 0.1) is 0 Å². The minimum atomic E-state index is -1.11. The maximum absolute atomic E-state index is 11.5. The van der Waals surface area contributed by atoms with E-state index in [2.05, 4.69) is 19.6 Å². The van der Waals surface area contributed by atoms with Crippen LogP contribution in [-0.2, 0) is 14.3 Å². The predicted molar refractivity (Wildman–Crippen MR) is 72.9 cm³/mol. The highest BCUT2D eigenvalue weighted by Gasteiger charge is 2.29. The molecule has 0 N–H and O–H groups in total. The van der Waals surface area contributed by atoms with E-state index in [0.29, 0.717) is 10.2 Å².